The summed E-state index contributed by atoms with van der Waals surface area (Å²) < 4.78 is 0. The highest BCUT2D eigenvalue weighted by Gasteiger charge is 2.29. The van der Waals surface area contributed by atoms with Gasteiger partial charge in [-0.1, -0.05) is 60.2 Å². The minimum atomic E-state index is -0.223. The molecule has 1 aliphatic rings. The van der Waals surface area contributed by atoms with E-state index >= 15 is 0 Å². The number of para-hydroxylation sites is 2. The molecule has 0 aliphatic carbocycles. The number of carbonyl (C=O) groups is 3. The Bertz CT molecular complexity index is 1580. The van der Waals surface area contributed by atoms with Crippen LogP contribution in [0.1, 0.15) is 39.1 Å². The molecule has 214 valence electrons. The average Bonchev–Trinajstić information content (AvgIpc) is 3.13. The third kappa shape index (κ3) is 6.42. The molecule has 42 heavy (non-hydrogen) atoms. The number of carbonyl (C=O) groups excluding carboxylic acids is 3. The first-order chi connectivity index (χ1) is 20.3. The minimum Gasteiger partial charge on any atom is -0.322 e. The predicted octanol–water partition coefficient (Wildman–Crippen LogP) is 6.25. The summed E-state index contributed by atoms with van der Waals surface area (Å²) in [6.45, 7) is 3.80. The molecular weight excluding hydrogens is 524 g/mol. The molecule has 3 amide bonds. The first-order valence-corrected chi connectivity index (χ1v) is 14.3. The highest BCUT2D eigenvalue weighted by molar-refractivity contribution is 6.12. The van der Waals surface area contributed by atoms with E-state index in [9.17, 15) is 14.4 Å². The van der Waals surface area contributed by atoms with Crippen molar-refractivity contribution < 1.29 is 14.4 Å². The summed E-state index contributed by atoms with van der Waals surface area (Å²) >= 11 is 0. The van der Waals surface area contributed by atoms with Crippen LogP contribution in [0.15, 0.2) is 97.1 Å². The number of amides is 3. The third-order valence-corrected chi connectivity index (χ3v) is 7.47. The van der Waals surface area contributed by atoms with Gasteiger partial charge in [0.2, 0.25) is 5.91 Å². The van der Waals surface area contributed by atoms with E-state index in [0.29, 0.717) is 29.9 Å². The number of nitrogens with zero attached hydrogens (tertiary/aromatic N) is 3. The highest BCUT2D eigenvalue weighted by atomic mass is 16.2. The van der Waals surface area contributed by atoms with Gasteiger partial charge in [-0.15, -0.1) is 0 Å². The summed E-state index contributed by atoms with van der Waals surface area (Å²) in [6.07, 6.45) is 1.08. The number of rotatable bonds is 8. The number of hydrogen-bond donors (Lipinski definition) is 1. The van der Waals surface area contributed by atoms with Crippen molar-refractivity contribution >= 4 is 34.8 Å². The van der Waals surface area contributed by atoms with Crippen molar-refractivity contribution in [3.05, 3.63) is 114 Å². The predicted molar refractivity (Wildman–Crippen MR) is 169 cm³/mol. The molecule has 0 radical (unpaired) electrons. The first kappa shape index (κ1) is 28.8. The monoisotopic (exact) mass is 560 g/mol. The fourth-order valence-corrected chi connectivity index (χ4v) is 5.24. The van der Waals surface area contributed by atoms with Crippen LogP contribution >= 0.6 is 0 Å². The Labute approximate surface area is 247 Å². The molecule has 7 heteroatoms. The van der Waals surface area contributed by atoms with Crippen molar-refractivity contribution in [2.45, 2.75) is 19.8 Å². The lowest BCUT2D eigenvalue weighted by molar-refractivity contribution is -0.118. The Kier molecular flexibility index (Phi) is 8.79. The van der Waals surface area contributed by atoms with Crippen LogP contribution in [0, 0.1) is 6.92 Å². The molecule has 0 bridgehead atoms. The molecular formula is C35H36N4O3. The Hall–Kier alpha value is -4.75. The van der Waals surface area contributed by atoms with E-state index in [1.165, 1.54) is 0 Å². The Morgan fingerprint density at radius 1 is 0.833 bits per heavy atom. The fourth-order valence-electron chi connectivity index (χ4n) is 5.24. The maximum atomic E-state index is 13.7. The smallest absolute Gasteiger partial charge is 0.258 e. The summed E-state index contributed by atoms with van der Waals surface area (Å²) in [7, 11) is 4.03. The number of nitrogens with one attached hydrogen (secondary N) is 1. The lowest BCUT2D eigenvalue weighted by atomic mass is 9.98. The molecule has 0 spiro atoms. The van der Waals surface area contributed by atoms with Crippen LogP contribution < -0.4 is 15.1 Å². The van der Waals surface area contributed by atoms with Gasteiger partial charge in [-0.2, -0.15) is 0 Å². The Morgan fingerprint density at radius 2 is 1.50 bits per heavy atom. The average molecular weight is 561 g/mol. The van der Waals surface area contributed by atoms with Gasteiger partial charge in [0, 0.05) is 36.3 Å². The second-order valence-electron chi connectivity index (χ2n) is 10.8. The molecule has 1 aliphatic heterocycles. The number of aryl methyl sites for hydroxylation is 1. The third-order valence-electron chi connectivity index (χ3n) is 7.47. The van der Waals surface area contributed by atoms with Gasteiger partial charge in [-0.3, -0.25) is 14.4 Å². The molecule has 5 rings (SSSR count). The molecule has 4 aromatic carbocycles. The number of hydrogen-bond acceptors (Lipinski definition) is 4. The van der Waals surface area contributed by atoms with E-state index in [1.54, 1.807) is 34.1 Å². The number of fused-ring (bicyclic) bond motifs is 1. The molecule has 0 fully saturated rings. The first-order valence-electron chi connectivity index (χ1n) is 14.3. The zero-order chi connectivity index (χ0) is 29.6. The van der Waals surface area contributed by atoms with Gasteiger partial charge in [-0.25, -0.2) is 0 Å². The molecule has 4 aromatic rings. The van der Waals surface area contributed by atoms with Crippen molar-refractivity contribution in [1.82, 2.24) is 4.90 Å². The molecule has 0 saturated carbocycles. The summed E-state index contributed by atoms with van der Waals surface area (Å²) in [5.41, 5.74) is 6.11. The van der Waals surface area contributed by atoms with E-state index in [2.05, 4.69) is 10.2 Å². The number of benzene rings is 4. The normalized spacial score (nSPS) is 13.1. The van der Waals surface area contributed by atoms with Crippen LogP contribution in [0.3, 0.4) is 0 Å². The van der Waals surface area contributed by atoms with Crippen LogP contribution in [0.25, 0.3) is 11.1 Å². The van der Waals surface area contributed by atoms with Gasteiger partial charge in [0.1, 0.15) is 0 Å². The van der Waals surface area contributed by atoms with Crippen LogP contribution in [-0.4, -0.2) is 56.4 Å². The van der Waals surface area contributed by atoms with Crippen molar-refractivity contribution in [2.24, 2.45) is 0 Å². The fraction of sp³-hybridized carbons (Fsp3) is 0.229. The summed E-state index contributed by atoms with van der Waals surface area (Å²) in [4.78, 5) is 45.7. The molecule has 0 aromatic heterocycles. The molecule has 0 unspecified atom stereocenters. The largest absolute Gasteiger partial charge is 0.322 e. The zero-order valence-electron chi connectivity index (χ0n) is 24.3. The van der Waals surface area contributed by atoms with E-state index < -0.39 is 0 Å². The van der Waals surface area contributed by atoms with E-state index in [-0.39, 0.29) is 24.1 Å². The van der Waals surface area contributed by atoms with E-state index in [0.717, 1.165) is 41.0 Å². The van der Waals surface area contributed by atoms with Gasteiger partial charge >= 0.3 is 0 Å². The second kappa shape index (κ2) is 12.8. The minimum absolute atomic E-state index is 0.0143. The van der Waals surface area contributed by atoms with Gasteiger partial charge in [-0.05, 0) is 87.6 Å². The van der Waals surface area contributed by atoms with Crippen LogP contribution in [0.4, 0.5) is 17.1 Å². The number of anilines is 3. The molecule has 1 heterocycles. The van der Waals surface area contributed by atoms with Gasteiger partial charge in [0.05, 0.1) is 11.4 Å². The van der Waals surface area contributed by atoms with Crippen molar-refractivity contribution in [3.63, 3.8) is 0 Å². The van der Waals surface area contributed by atoms with Gasteiger partial charge in [0.25, 0.3) is 11.8 Å². The van der Waals surface area contributed by atoms with Gasteiger partial charge < -0.3 is 20.0 Å². The van der Waals surface area contributed by atoms with E-state index in [1.807, 2.05) is 93.8 Å². The Morgan fingerprint density at radius 3 is 2.21 bits per heavy atom. The van der Waals surface area contributed by atoms with Crippen LogP contribution in [0.2, 0.25) is 0 Å². The standard InChI is InChI=1S/C35H36N4O3/c1-25-13-15-26(16-14-25)29-9-4-5-10-30(29)34(41)36-28-19-17-27(18-20-28)35(42)39-24-21-33(40)38(23-8-22-37(2)3)31-11-6-7-12-32(31)39/h4-7,9-20H,8,21-24H2,1-3H3,(H,36,41). The molecule has 1 N–H and O–H groups in total. The molecule has 0 atom stereocenters. The maximum Gasteiger partial charge on any atom is 0.258 e. The zero-order valence-corrected chi connectivity index (χ0v) is 24.3. The SMILES string of the molecule is Cc1ccc(-c2ccccc2C(=O)Nc2ccc(C(=O)N3CCC(=O)N(CCCN(C)C)c4ccccc43)cc2)cc1. The highest BCUT2D eigenvalue weighted by Crippen LogP contribution is 2.34. The quantitative estimate of drug-likeness (QED) is 0.277. The lowest BCUT2D eigenvalue weighted by Gasteiger charge is -2.26. The summed E-state index contributed by atoms with van der Waals surface area (Å²) in [5, 5.41) is 2.97. The maximum absolute atomic E-state index is 13.7. The van der Waals surface area contributed by atoms with Crippen molar-refractivity contribution in [3.8, 4) is 11.1 Å². The molecule has 0 saturated heterocycles. The lowest BCUT2D eigenvalue weighted by Crippen LogP contribution is -2.33. The van der Waals surface area contributed by atoms with Crippen molar-refractivity contribution in [1.29, 1.82) is 0 Å². The van der Waals surface area contributed by atoms with Gasteiger partial charge in [0.15, 0.2) is 0 Å². The van der Waals surface area contributed by atoms with E-state index in [4.69, 9.17) is 0 Å². The van der Waals surface area contributed by atoms with Crippen LogP contribution in [0.5, 0.6) is 0 Å². The summed E-state index contributed by atoms with van der Waals surface area (Å²) in [6, 6.07) is 30.1. The van der Waals surface area contributed by atoms with Crippen LogP contribution in [-0.2, 0) is 4.79 Å². The summed E-state index contributed by atoms with van der Waals surface area (Å²) in [5.74, 6) is -0.395. The van der Waals surface area contributed by atoms with Crippen molar-refractivity contribution in [2.75, 3.05) is 48.8 Å². The molecule has 7 nitrogen and oxygen atoms in total. The topological polar surface area (TPSA) is 73.0 Å². The Balaban J connectivity index is 1.33. The second-order valence-corrected chi connectivity index (χ2v) is 10.8.